The summed E-state index contributed by atoms with van der Waals surface area (Å²) in [6.07, 6.45) is -8.35. The molecule has 2 N–H and O–H groups in total. The van der Waals surface area contributed by atoms with Gasteiger partial charge in [-0.1, -0.05) is 12.1 Å². The summed E-state index contributed by atoms with van der Waals surface area (Å²) in [5, 5.41) is 0. The maximum Gasteiger partial charge on any atom is 0.417 e. The second-order valence-corrected chi connectivity index (χ2v) is 4.23. The number of anilines is 1. The van der Waals surface area contributed by atoms with Crippen LogP contribution in [0.4, 0.5) is 32.2 Å². The van der Waals surface area contributed by atoms with Crippen molar-refractivity contribution < 1.29 is 26.3 Å². The average molecular weight is 306 g/mol. The van der Waals surface area contributed by atoms with Gasteiger partial charge in [0.25, 0.3) is 0 Å². The van der Waals surface area contributed by atoms with Gasteiger partial charge in [-0.3, -0.25) is 0 Å². The standard InChI is InChI=1S/C13H8F6N2/c14-12(15,16)8-3-1-7(2-4-8)9-6-21-11(20)5-10(9)13(17,18)19/h1-6H,(H2,20,21). The molecule has 0 fully saturated rings. The molecule has 0 aliphatic rings. The fourth-order valence-electron chi connectivity index (χ4n) is 1.77. The normalized spacial score (nSPS) is 12.5. The molecule has 1 aromatic heterocycles. The molecule has 1 heterocycles. The van der Waals surface area contributed by atoms with Crippen molar-refractivity contribution in [3.05, 3.63) is 47.7 Å². The lowest BCUT2D eigenvalue weighted by Gasteiger charge is -2.14. The minimum atomic E-state index is -4.69. The Kier molecular flexibility index (Phi) is 3.56. The Hall–Kier alpha value is -2.25. The number of benzene rings is 1. The summed E-state index contributed by atoms with van der Waals surface area (Å²) in [4.78, 5) is 3.56. The van der Waals surface area contributed by atoms with Gasteiger partial charge in [0.2, 0.25) is 0 Å². The summed E-state index contributed by atoms with van der Waals surface area (Å²) in [6, 6.07) is 4.00. The molecule has 2 rings (SSSR count). The summed E-state index contributed by atoms with van der Waals surface area (Å²) < 4.78 is 76.1. The molecule has 0 atom stereocenters. The van der Waals surface area contributed by atoms with Gasteiger partial charge in [-0.05, 0) is 23.8 Å². The molecule has 21 heavy (non-hydrogen) atoms. The Morgan fingerprint density at radius 1 is 0.857 bits per heavy atom. The molecule has 2 nitrogen and oxygen atoms in total. The first-order chi connectivity index (χ1) is 9.59. The Balaban J connectivity index is 2.52. The molecule has 0 aliphatic carbocycles. The van der Waals surface area contributed by atoms with Crippen molar-refractivity contribution in [1.29, 1.82) is 0 Å². The predicted molar refractivity (Wildman–Crippen MR) is 64.1 cm³/mol. The summed E-state index contributed by atoms with van der Waals surface area (Å²) in [7, 11) is 0. The molecule has 0 saturated heterocycles. The van der Waals surface area contributed by atoms with Crippen molar-refractivity contribution in [3.8, 4) is 11.1 Å². The number of nitrogens with zero attached hydrogens (tertiary/aromatic N) is 1. The van der Waals surface area contributed by atoms with Gasteiger partial charge in [-0.2, -0.15) is 26.3 Å². The highest BCUT2D eigenvalue weighted by atomic mass is 19.4. The van der Waals surface area contributed by atoms with E-state index >= 15 is 0 Å². The number of hydrogen-bond acceptors (Lipinski definition) is 2. The Morgan fingerprint density at radius 3 is 1.90 bits per heavy atom. The predicted octanol–water partition coefficient (Wildman–Crippen LogP) is 4.37. The quantitative estimate of drug-likeness (QED) is 0.795. The molecule has 2 aromatic rings. The molecule has 0 amide bonds. The first-order valence-corrected chi connectivity index (χ1v) is 5.59. The second-order valence-electron chi connectivity index (χ2n) is 4.23. The fourth-order valence-corrected chi connectivity index (χ4v) is 1.77. The Bertz CT molecular complexity index is 643. The van der Waals surface area contributed by atoms with Gasteiger partial charge in [0.15, 0.2) is 0 Å². The highest BCUT2D eigenvalue weighted by Gasteiger charge is 2.35. The van der Waals surface area contributed by atoms with Crippen molar-refractivity contribution in [1.82, 2.24) is 4.98 Å². The third-order valence-electron chi connectivity index (χ3n) is 2.75. The van der Waals surface area contributed by atoms with E-state index in [0.29, 0.717) is 18.2 Å². The van der Waals surface area contributed by atoms with Crippen LogP contribution >= 0.6 is 0 Å². The zero-order valence-corrected chi connectivity index (χ0v) is 10.3. The number of alkyl halides is 6. The highest BCUT2D eigenvalue weighted by molar-refractivity contribution is 5.68. The number of nitrogens with two attached hydrogens (primary N) is 1. The minimum absolute atomic E-state index is 0.0252. The van der Waals surface area contributed by atoms with E-state index in [1.165, 1.54) is 0 Å². The summed E-state index contributed by atoms with van der Waals surface area (Å²) in [6.45, 7) is 0. The van der Waals surface area contributed by atoms with Crippen LogP contribution in [0, 0.1) is 0 Å². The number of rotatable bonds is 1. The molecule has 0 bridgehead atoms. The van der Waals surface area contributed by atoms with E-state index in [4.69, 9.17) is 5.73 Å². The van der Waals surface area contributed by atoms with E-state index in [1.54, 1.807) is 0 Å². The minimum Gasteiger partial charge on any atom is -0.384 e. The molecule has 0 spiro atoms. The van der Waals surface area contributed by atoms with Crippen LogP contribution in [0.15, 0.2) is 36.5 Å². The average Bonchev–Trinajstić information content (AvgIpc) is 2.37. The monoisotopic (exact) mass is 306 g/mol. The van der Waals surface area contributed by atoms with Crippen LogP contribution in [0.2, 0.25) is 0 Å². The van der Waals surface area contributed by atoms with Crippen molar-refractivity contribution in [3.63, 3.8) is 0 Å². The van der Waals surface area contributed by atoms with Gasteiger partial charge in [-0.15, -0.1) is 0 Å². The highest BCUT2D eigenvalue weighted by Crippen LogP contribution is 2.38. The molecule has 0 saturated carbocycles. The van der Waals surface area contributed by atoms with E-state index < -0.39 is 23.5 Å². The van der Waals surface area contributed by atoms with E-state index in [-0.39, 0.29) is 16.9 Å². The molecule has 1 aromatic carbocycles. The fraction of sp³-hybridized carbons (Fsp3) is 0.154. The molecule has 0 aliphatic heterocycles. The van der Waals surface area contributed by atoms with Crippen molar-refractivity contribution in [2.75, 3.05) is 5.73 Å². The smallest absolute Gasteiger partial charge is 0.384 e. The lowest BCUT2D eigenvalue weighted by molar-refractivity contribution is -0.138. The zero-order valence-electron chi connectivity index (χ0n) is 10.3. The molecular formula is C13H8F6N2. The van der Waals surface area contributed by atoms with Crippen molar-refractivity contribution in [2.24, 2.45) is 0 Å². The van der Waals surface area contributed by atoms with Crippen LogP contribution < -0.4 is 5.73 Å². The van der Waals surface area contributed by atoms with Crippen LogP contribution in [0.25, 0.3) is 11.1 Å². The largest absolute Gasteiger partial charge is 0.417 e. The van der Waals surface area contributed by atoms with E-state index in [1.807, 2.05) is 0 Å². The van der Waals surface area contributed by atoms with Crippen LogP contribution in [0.5, 0.6) is 0 Å². The summed E-state index contributed by atoms with van der Waals surface area (Å²) in [5.74, 6) is -0.321. The molecular weight excluding hydrogens is 298 g/mol. The van der Waals surface area contributed by atoms with Crippen LogP contribution in [0.1, 0.15) is 11.1 Å². The zero-order chi connectivity index (χ0) is 15.8. The van der Waals surface area contributed by atoms with Gasteiger partial charge in [0, 0.05) is 11.8 Å². The first-order valence-electron chi connectivity index (χ1n) is 5.59. The molecule has 8 heteroatoms. The molecule has 112 valence electrons. The topological polar surface area (TPSA) is 38.9 Å². The number of halogens is 6. The van der Waals surface area contributed by atoms with Crippen molar-refractivity contribution in [2.45, 2.75) is 12.4 Å². The maximum atomic E-state index is 12.9. The SMILES string of the molecule is Nc1cc(C(F)(F)F)c(-c2ccc(C(F)(F)F)cc2)cn1. The number of nitrogen functional groups attached to an aromatic ring is 1. The second kappa shape index (κ2) is 4.94. The first kappa shape index (κ1) is 15.1. The third kappa shape index (κ3) is 3.26. The maximum absolute atomic E-state index is 12.9. The van der Waals surface area contributed by atoms with Gasteiger partial charge in [0.1, 0.15) is 5.82 Å². The van der Waals surface area contributed by atoms with Crippen LogP contribution in [0.3, 0.4) is 0 Å². The van der Waals surface area contributed by atoms with E-state index in [2.05, 4.69) is 4.98 Å². The molecule has 0 radical (unpaired) electrons. The third-order valence-corrected chi connectivity index (χ3v) is 2.75. The Morgan fingerprint density at radius 2 is 1.43 bits per heavy atom. The van der Waals surface area contributed by atoms with Crippen molar-refractivity contribution >= 4 is 5.82 Å². The number of aromatic nitrogens is 1. The number of pyridine rings is 1. The van der Waals surface area contributed by atoms with E-state index in [0.717, 1.165) is 18.3 Å². The van der Waals surface area contributed by atoms with Crippen LogP contribution in [-0.4, -0.2) is 4.98 Å². The lowest BCUT2D eigenvalue weighted by atomic mass is 10.00. The summed E-state index contributed by atoms with van der Waals surface area (Å²) in [5.41, 5.74) is 2.88. The van der Waals surface area contributed by atoms with Gasteiger partial charge < -0.3 is 5.73 Å². The van der Waals surface area contributed by atoms with Gasteiger partial charge in [0.05, 0.1) is 11.1 Å². The van der Waals surface area contributed by atoms with E-state index in [9.17, 15) is 26.3 Å². The summed E-state index contributed by atoms with van der Waals surface area (Å²) >= 11 is 0. The lowest BCUT2D eigenvalue weighted by Crippen LogP contribution is -2.09. The Labute approximate surface area is 115 Å². The van der Waals surface area contributed by atoms with Gasteiger partial charge >= 0.3 is 12.4 Å². The van der Waals surface area contributed by atoms with Gasteiger partial charge in [-0.25, -0.2) is 4.98 Å². The van der Waals surface area contributed by atoms with Crippen LogP contribution in [-0.2, 0) is 12.4 Å². The molecule has 0 unspecified atom stereocenters. The number of hydrogen-bond donors (Lipinski definition) is 1.